The lowest BCUT2D eigenvalue weighted by molar-refractivity contribution is -0.117. The molecule has 0 unspecified atom stereocenters. The highest BCUT2D eigenvalue weighted by molar-refractivity contribution is 6.42. The van der Waals surface area contributed by atoms with Crippen LogP contribution in [0.4, 0.5) is 10.5 Å². The van der Waals surface area contributed by atoms with E-state index in [4.69, 9.17) is 23.2 Å². The van der Waals surface area contributed by atoms with Crippen LogP contribution in [-0.2, 0) is 4.79 Å². The monoisotopic (exact) mass is 466 g/mol. The van der Waals surface area contributed by atoms with E-state index in [-0.39, 0.29) is 23.0 Å². The number of anilines is 1. The first kappa shape index (κ1) is 23.6. The predicted octanol–water partition coefficient (Wildman–Crippen LogP) is 4.41. The number of allylic oxidation sites excluding steroid dienone is 2. The first-order chi connectivity index (χ1) is 14.6. The number of hydrogen-bond acceptors (Lipinski definition) is 5. The van der Waals surface area contributed by atoms with E-state index in [2.05, 4.69) is 15.2 Å². The molecule has 0 atom stereocenters. The number of carbonyl (C=O) groups excluding carboxylic acids is 2. The number of aliphatic hydroxyl groups excluding tert-OH is 1. The molecule has 31 heavy (non-hydrogen) atoms. The lowest BCUT2D eigenvalue weighted by atomic mass is 9.77. The number of halogens is 2. The van der Waals surface area contributed by atoms with E-state index in [0.29, 0.717) is 53.8 Å². The smallest absolute Gasteiger partial charge is 0.321 e. The Labute approximate surface area is 192 Å². The number of Topliss-reactive ketones (excluding diaryl/α,β-unsaturated/α-hetero) is 1. The summed E-state index contributed by atoms with van der Waals surface area (Å²) >= 11 is 11.9. The number of urea groups is 1. The molecule has 2 aliphatic rings. The summed E-state index contributed by atoms with van der Waals surface area (Å²) in [7, 11) is 0. The second kappa shape index (κ2) is 10.0. The maximum absolute atomic E-state index is 12.4. The molecule has 0 radical (unpaired) electrons. The molecule has 1 aromatic rings. The van der Waals surface area contributed by atoms with Gasteiger partial charge in [0.05, 0.1) is 22.2 Å². The third kappa shape index (κ3) is 6.45. The van der Waals surface area contributed by atoms with Crippen molar-refractivity contribution >= 4 is 46.9 Å². The van der Waals surface area contributed by atoms with E-state index in [1.54, 1.807) is 23.1 Å². The molecule has 0 saturated carbocycles. The Kier molecular flexibility index (Phi) is 7.62. The third-order valence-electron chi connectivity index (χ3n) is 5.49. The summed E-state index contributed by atoms with van der Waals surface area (Å²) in [5.41, 5.74) is 0.738. The average Bonchev–Trinajstić information content (AvgIpc) is 2.69. The molecule has 2 N–H and O–H groups in total. The van der Waals surface area contributed by atoms with E-state index < -0.39 is 0 Å². The van der Waals surface area contributed by atoms with Crippen LogP contribution in [0.1, 0.15) is 26.7 Å². The first-order valence-corrected chi connectivity index (χ1v) is 11.1. The Morgan fingerprint density at radius 1 is 1.19 bits per heavy atom. The van der Waals surface area contributed by atoms with Gasteiger partial charge in [-0.25, -0.2) is 4.79 Å². The van der Waals surface area contributed by atoms with Crippen LogP contribution in [0, 0.1) is 5.41 Å². The Bertz CT molecular complexity index is 906. The van der Waals surface area contributed by atoms with Gasteiger partial charge >= 0.3 is 6.03 Å². The van der Waals surface area contributed by atoms with Crippen molar-refractivity contribution in [2.24, 2.45) is 10.4 Å². The number of benzene rings is 1. The summed E-state index contributed by atoms with van der Waals surface area (Å²) in [6, 6.07) is 4.82. The summed E-state index contributed by atoms with van der Waals surface area (Å²) < 4.78 is 0. The fraction of sp³-hybridized carbons (Fsp3) is 0.500. The second-order valence-electron chi connectivity index (χ2n) is 8.72. The Morgan fingerprint density at radius 2 is 1.90 bits per heavy atom. The van der Waals surface area contributed by atoms with Gasteiger partial charge in [-0.2, -0.15) is 0 Å². The van der Waals surface area contributed by atoms with Gasteiger partial charge in [-0.15, -0.1) is 0 Å². The number of amides is 2. The molecule has 1 saturated heterocycles. The summed E-state index contributed by atoms with van der Waals surface area (Å²) in [4.78, 5) is 33.0. The molecule has 2 amide bonds. The van der Waals surface area contributed by atoms with Crippen molar-refractivity contribution in [2.75, 3.05) is 44.6 Å². The molecule has 0 aromatic heterocycles. The van der Waals surface area contributed by atoms with Gasteiger partial charge in [-0.3, -0.25) is 14.7 Å². The van der Waals surface area contributed by atoms with Crippen LogP contribution in [0.5, 0.6) is 0 Å². The summed E-state index contributed by atoms with van der Waals surface area (Å²) in [5, 5.41) is 13.8. The van der Waals surface area contributed by atoms with E-state index in [1.165, 1.54) is 6.21 Å². The number of ketones is 1. The van der Waals surface area contributed by atoms with Crippen molar-refractivity contribution in [3.63, 3.8) is 0 Å². The normalized spacial score (nSPS) is 19.9. The van der Waals surface area contributed by atoms with Gasteiger partial charge in [0.1, 0.15) is 5.76 Å². The zero-order valence-corrected chi connectivity index (χ0v) is 19.3. The fourth-order valence-corrected chi connectivity index (χ4v) is 4.05. The lowest BCUT2D eigenvalue weighted by Crippen LogP contribution is -2.50. The van der Waals surface area contributed by atoms with Crippen LogP contribution in [0.3, 0.4) is 0 Å². The van der Waals surface area contributed by atoms with Gasteiger partial charge in [0, 0.05) is 57.5 Å². The standard InChI is InChI=1S/C22H28Cl2N4O3/c1-22(2)12-19(29)16(20(30)13-22)14-25-5-6-27-7-9-28(10-8-27)21(31)26-15-3-4-17(23)18(24)11-15/h3-4,11,14,29H,5-10,12-13H2,1-2H3,(H,26,31). The zero-order valence-electron chi connectivity index (χ0n) is 17.8. The van der Waals surface area contributed by atoms with Gasteiger partial charge < -0.3 is 15.3 Å². The van der Waals surface area contributed by atoms with Crippen LogP contribution >= 0.6 is 23.2 Å². The predicted molar refractivity (Wildman–Crippen MR) is 125 cm³/mol. The first-order valence-electron chi connectivity index (χ1n) is 10.3. The third-order valence-corrected chi connectivity index (χ3v) is 6.23. The highest BCUT2D eigenvalue weighted by atomic mass is 35.5. The van der Waals surface area contributed by atoms with E-state index in [0.717, 1.165) is 19.6 Å². The van der Waals surface area contributed by atoms with Gasteiger partial charge in [-0.05, 0) is 23.6 Å². The van der Waals surface area contributed by atoms with Crippen molar-refractivity contribution in [3.05, 3.63) is 39.6 Å². The number of aliphatic imine (C=N–C) groups is 1. The quantitative estimate of drug-likeness (QED) is 0.629. The molecule has 1 heterocycles. The van der Waals surface area contributed by atoms with Crippen molar-refractivity contribution in [3.8, 4) is 0 Å². The van der Waals surface area contributed by atoms with Gasteiger partial charge in [0.15, 0.2) is 5.78 Å². The van der Waals surface area contributed by atoms with Crippen LogP contribution in [-0.4, -0.2) is 72.2 Å². The lowest BCUT2D eigenvalue weighted by Gasteiger charge is -2.34. The average molecular weight is 467 g/mol. The van der Waals surface area contributed by atoms with Crippen molar-refractivity contribution in [2.45, 2.75) is 26.7 Å². The Morgan fingerprint density at radius 3 is 2.55 bits per heavy atom. The Balaban J connectivity index is 1.42. The largest absolute Gasteiger partial charge is 0.511 e. The van der Waals surface area contributed by atoms with Gasteiger partial charge in [-0.1, -0.05) is 37.0 Å². The van der Waals surface area contributed by atoms with Crippen molar-refractivity contribution < 1.29 is 14.7 Å². The number of nitrogens with one attached hydrogen (secondary N) is 1. The van der Waals surface area contributed by atoms with Crippen LogP contribution in [0.15, 0.2) is 34.5 Å². The molecule has 7 nitrogen and oxygen atoms in total. The van der Waals surface area contributed by atoms with Crippen molar-refractivity contribution in [1.82, 2.24) is 9.80 Å². The fourth-order valence-electron chi connectivity index (χ4n) is 3.75. The summed E-state index contributed by atoms with van der Waals surface area (Å²) in [5.74, 6) is 0.0747. The van der Waals surface area contributed by atoms with Crippen LogP contribution in [0.25, 0.3) is 0 Å². The minimum absolute atomic E-state index is 0.0564. The number of piperazine rings is 1. The van der Waals surface area contributed by atoms with E-state index >= 15 is 0 Å². The number of rotatable bonds is 5. The number of hydrogen-bond donors (Lipinski definition) is 2. The molecule has 1 fully saturated rings. The highest BCUT2D eigenvalue weighted by Gasteiger charge is 2.32. The molecule has 1 aromatic carbocycles. The molecule has 1 aliphatic heterocycles. The molecule has 168 valence electrons. The summed E-state index contributed by atoms with van der Waals surface area (Å²) in [6.45, 7) is 7.90. The number of carbonyl (C=O) groups is 2. The minimum atomic E-state index is -0.204. The molecular weight excluding hydrogens is 439 g/mol. The van der Waals surface area contributed by atoms with E-state index in [9.17, 15) is 14.7 Å². The van der Waals surface area contributed by atoms with Crippen LogP contribution in [0.2, 0.25) is 10.0 Å². The summed E-state index contributed by atoms with van der Waals surface area (Å²) in [6.07, 6.45) is 2.42. The molecule has 1 aliphatic carbocycles. The maximum atomic E-state index is 12.4. The SMILES string of the molecule is CC1(C)CC(=O)C(C=NCCN2CCN(C(=O)Nc3ccc(Cl)c(Cl)c3)CC2)=C(O)C1. The van der Waals surface area contributed by atoms with Crippen molar-refractivity contribution in [1.29, 1.82) is 0 Å². The zero-order chi connectivity index (χ0) is 22.6. The Hall–Kier alpha value is -2.09. The molecule has 0 spiro atoms. The van der Waals surface area contributed by atoms with E-state index in [1.807, 2.05) is 13.8 Å². The number of nitrogens with zero attached hydrogens (tertiary/aromatic N) is 3. The second-order valence-corrected chi connectivity index (χ2v) is 9.54. The number of aliphatic hydroxyl groups is 1. The van der Waals surface area contributed by atoms with Gasteiger partial charge in [0.2, 0.25) is 0 Å². The maximum Gasteiger partial charge on any atom is 0.321 e. The topological polar surface area (TPSA) is 85.2 Å². The highest BCUT2D eigenvalue weighted by Crippen LogP contribution is 2.35. The molecular formula is C22H28Cl2N4O3. The van der Waals surface area contributed by atoms with Crippen LogP contribution < -0.4 is 5.32 Å². The molecule has 0 bridgehead atoms. The molecule has 3 rings (SSSR count). The molecule has 9 heteroatoms. The minimum Gasteiger partial charge on any atom is -0.511 e. The van der Waals surface area contributed by atoms with Gasteiger partial charge in [0.25, 0.3) is 0 Å².